The number of nitrogens with zero attached hydrogens (tertiary/aromatic N) is 1. The van der Waals surface area contributed by atoms with Crippen LogP contribution in [0.25, 0.3) is 0 Å². The molecular formula is C17H16FNO2S. The molecule has 0 bridgehead atoms. The van der Waals surface area contributed by atoms with Crippen LogP contribution in [0.1, 0.15) is 22.0 Å². The Labute approximate surface area is 131 Å². The maximum atomic E-state index is 13.9. The van der Waals surface area contributed by atoms with Crippen LogP contribution in [0, 0.1) is 5.82 Å². The first kappa shape index (κ1) is 14.9. The summed E-state index contributed by atoms with van der Waals surface area (Å²) < 4.78 is 25.8. The van der Waals surface area contributed by atoms with Gasteiger partial charge in [-0.3, -0.25) is 9.00 Å². The number of hydrogen-bond donors (Lipinski definition) is 0. The normalized spacial score (nSPS) is 21.6. The lowest BCUT2D eigenvalue weighted by Crippen LogP contribution is -2.44. The van der Waals surface area contributed by atoms with E-state index in [0.29, 0.717) is 18.1 Å². The number of amides is 1. The number of benzene rings is 2. The summed E-state index contributed by atoms with van der Waals surface area (Å²) in [5.41, 5.74) is 0.997. The molecule has 0 saturated carbocycles. The van der Waals surface area contributed by atoms with E-state index in [2.05, 4.69) is 0 Å². The van der Waals surface area contributed by atoms with Crippen molar-refractivity contribution in [1.82, 2.24) is 4.90 Å². The van der Waals surface area contributed by atoms with Gasteiger partial charge in [0.2, 0.25) is 0 Å². The van der Waals surface area contributed by atoms with Crippen LogP contribution in [0.4, 0.5) is 4.39 Å². The van der Waals surface area contributed by atoms with Gasteiger partial charge >= 0.3 is 0 Å². The molecule has 5 heteroatoms. The van der Waals surface area contributed by atoms with Crippen LogP contribution in [-0.2, 0) is 10.8 Å². The third kappa shape index (κ3) is 2.95. The van der Waals surface area contributed by atoms with E-state index in [0.717, 1.165) is 5.56 Å². The monoisotopic (exact) mass is 317 g/mol. The maximum absolute atomic E-state index is 13.9. The summed E-state index contributed by atoms with van der Waals surface area (Å²) in [4.78, 5) is 14.3. The van der Waals surface area contributed by atoms with Crippen LogP contribution in [-0.4, -0.2) is 33.1 Å². The van der Waals surface area contributed by atoms with Crippen molar-refractivity contribution in [3.63, 3.8) is 0 Å². The zero-order valence-corrected chi connectivity index (χ0v) is 12.8. The average molecular weight is 317 g/mol. The standard InChI is InChI=1S/C17H16FNO2S/c18-15-9-5-4-8-14(15)17(20)19-10-11-22(21)12-16(19)13-6-2-1-3-7-13/h1-9,16H,10-12H2/t16-,22-/m0/s1. The van der Waals surface area contributed by atoms with E-state index in [1.165, 1.54) is 12.1 Å². The average Bonchev–Trinajstić information content (AvgIpc) is 2.55. The SMILES string of the molecule is O=C(c1ccccc1F)N1CC[S@](=O)C[C@H]1c1ccccc1. The number of hydrogen-bond acceptors (Lipinski definition) is 2. The highest BCUT2D eigenvalue weighted by atomic mass is 32.2. The summed E-state index contributed by atoms with van der Waals surface area (Å²) in [6.07, 6.45) is 0. The smallest absolute Gasteiger partial charge is 0.257 e. The molecule has 0 N–H and O–H groups in total. The first-order valence-corrected chi connectivity index (χ1v) is 8.61. The van der Waals surface area contributed by atoms with E-state index in [-0.39, 0.29) is 17.5 Å². The highest BCUT2D eigenvalue weighted by Crippen LogP contribution is 2.27. The Balaban J connectivity index is 1.95. The first-order chi connectivity index (χ1) is 10.7. The lowest BCUT2D eigenvalue weighted by molar-refractivity contribution is 0.0694. The Bertz CT molecular complexity index is 705. The van der Waals surface area contributed by atoms with Crippen LogP contribution in [0.15, 0.2) is 54.6 Å². The fourth-order valence-electron chi connectivity index (χ4n) is 2.69. The van der Waals surface area contributed by atoms with E-state index in [4.69, 9.17) is 0 Å². The second-order valence-electron chi connectivity index (χ2n) is 5.22. The maximum Gasteiger partial charge on any atom is 0.257 e. The van der Waals surface area contributed by atoms with Crippen LogP contribution in [0.3, 0.4) is 0 Å². The number of carbonyl (C=O) groups excluding carboxylic acids is 1. The van der Waals surface area contributed by atoms with E-state index in [1.807, 2.05) is 30.3 Å². The Morgan fingerprint density at radius 3 is 2.50 bits per heavy atom. The van der Waals surface area contributed by atoms with Crippen molar-refractivity contribution in [2.75, 3.05) is 18.1 Å². The lowest BCUT2D eigenvalue weighted by atomic mass is 10.0. The molecule has 3 rings (SSSR count). The number of carbonyl (C=O) groups is 1. The van der Waals surface area contributed by atoms with Crippen molar-refractivity contribution >= 4 is 16.7 Å². The van der Waals surface area contributed by atoms with Gasteiger partial charge in [0.05, 0.1) is 11.6 Å². The molecule has 3 nitrogen and oxygen atoms in total. The Morgan fingerprint density at radius 2 is 1.77 bits per heavy atom. The van der Waals surface area contributed by atoms with Crippen LogP contribution in [0.2, 0.25) is 0 Å². The number of halogens is 1. The largest absolute Gasteiger partial charge is 0.330 e. The molecule has 0 spiro atoms. The topological polar surface area (TPSA) is 37.4 Å². The molecule has 1 aliphatic rings. The summed E-state index contributed by atoms with van der Waals surface area (Å²) in [6, 6.07) is 15.2. The molecule has 2 aromatic carbocycles. The third-order valence-electron chi connectivity index (χ3n) is 3.83. The molecule has 1 aliphatic heterocycles. The summed E-state index contributed by atoms with van der Waals surface area (Å²) in [5, 5.41) is 0. The summed E-state index contributed by atoms with van der Waals surface area (Å²) >= 11 is 0. The summed E-state index contributed by atoms with van der Waals surface area (Å²) in [6.45, 7) is 0.374. The van der Waals surface area contributed by atoms with E-state index < -0.39 is 16.6 Å². The van der Waals surface area contributed by atoms with Gasteiger partial charge in [0, 0.05) is 28.9 Å². The molecule has 114 valence electrons. The van der Waals surface area contributed by atoms with Crippen molar-refractivity contribution in [3.8, 4) is 0 Å². The molecule has 0 unspecified atom stereocenters. The summed E-state index contributed by atoms with van der Waals surface area (Å²) in [7, 11) is -0.957. The Kier molecular flexibility index (Phi) is 4.34. The second kappa shape index (κ2) is 6.40. The van der Waals surface area contributed by atoms with Gasteiger partial charge in [0.1, 0.15) is 5.82 Å². The summed E-state index contributed by atoms with van der Waals surface area (Å²) in [5.74, 6) is -0.0389. The minimum absolute atomic E-state index is 0.0658. The van der Waals surface area contributed by atoms with Crippen molar-refractivity contribution in [3.05, 3.63) is 71.5 Å². The molecule has 2 aromatic rings. The fourth-order valence-corrected chi connectivity index (χ4v) is 3.98. The lowest BCUT2D eigenvalue weighted by Gasteiger charge is -2.35. The molecular weight excluding hydrogens is 301 g/mol. The third-order valence-corrected chi connectivity index (χ3v) is 5.15. The van der Waals surface area contributed by atoms with Gasteiger partial charge in [-0.15, -0.1) is 0 Å². The minimum atomic E-state index is -0.957. The van der Waals surface area contributed by atoms with Gasteiger partial charge in [-0.25, -0.2) is 4.39 Å². The Hall–Kier alpha value is -2.01. The fraction of sp³-hybridized carbons (Fsp3) is 0.235. The predicted molar refractivity (Wildman–Crippen MR) is 84.5 cm³/mol. The van der Waals surface area contributed by atoms with Gasteiger partial charge in [0.15, 0.2) is 0 Å². The van der Waals surface area contributed by atoms with Gasteiger partial charge < -0.3 is 4.90 Å². The quantitative estimate of drug-likeness (QED) is 0.854. The van der Waals surface area contributed by atoms with E-state index >= 15 is 0 Å². The zero-order chi connectivity index (χ0) is 15.5. The molecule has 0 radical (unpaired) electrons. The predicted octanol–water partition coefficient (Wildman–Crippen LogP) is 2.77. The molecule has 2 atom stereocenters. The number of rotatable bonds is 2. The van der Waals surface area contributed by atoms with Crippen LogP contribution >= 0.6 is 0 Å². The highest BCUT2D eigenvalue weighted by Gasteiger charge is 2.32. The molecule has 22 heavy (non-hydrogen) atoms. The zero-order valence-electron chi connectivity index (χ0n) is 11.9. The van der Waals surface area contributed by atoms with Gasteiger partial charge in [0.25, 0.3) is 5.91 Å². The van der Waals surface area contributed by atoms with Gasteiger partial charge in [-0.1, -0.05) is 42.5 Å². The molecule has 1 saturated heterocycles. The van der Waals surface area contributed by atoms with E-state index in [1.54, 1.807) is 17.0 Å². The van der Waals surface area contributed by atoms with Crippen molar-refractivity contribution in [1.29, 1.82) is 0 Å². The van der Waals surface area contributed by atoms with Crippen LogP contribution in [0.5, 0.6) is 0 Å². The molecule has 1 heterocycles. The molecule has 0 aliphatic carbocycles. The molecule has 1 amide bonds. The molecule has 0 aromatic heterocycles. The van der Waals surface area contributed by atoms with Gasteiger partial charge in [-0.05, 0) is 17.7 Å². The van der Waals surface area contributed by atoms with Crippen molar-refractivity contribution in [2.45, 2.75) is 6.04 Å². The Morgan fingerprint density at radius 1 is 1.09 bits per heavy atom. The van der Waals surface area contributed by atoms with E-state index in [9.17, 15) is 13.4 Å². The van der Waals surface area contributed by atoms with Crippen molar-refractivity contribution < 1.29 is 13.4 Å². The second-order valence-corrected chi connectivity index (χ2v) is 6.84. The highest BCUT2D eigenvalue weighted by molar-refractivity contribution is 7.85. The first-order valence-electron chi connectivity index (χ1n) is 7.12. The molecule has 1 fully saturated rings. The van der Waals surface area contributed by atoms with Crippen molar-refractivity contribution in [2.24, 2.45) is 0 Å². The van der Waals surface area contributed by atoms with Gasteiger partial charge in [-0.2, -0.15) is 0 Å². The van der Waals surface area contributed by atoms with Crippen LogP contribution < -0.4 is 0 Å². The minimum Gasteiger partial charge on any atom is -0.330 e.